The van der Waals surface area contributed by atoms with E-state index in [0.29, 0.717) is 28.3 Å². The number of nitrogens with zero attached hydrogens (tertiary/aromatic N) is 6. The average molecular weight is 479 g/mol. The van der Waals surface area contributed by atoms with Crippen LogP contribution in [0.4, 0.5) is 5.95 Å². The quantitative estimate of drug-likeness (QED) is 0.373. The Morgan fingerprint density at radius 3 is 2.36 bits per heavy atom. The Labute approximate surface area is 205 Å². The summed E-state index contributed by atoms with van der Waals surface area (Å²) in [6, 6.07) is 21.8. The molecule has 36 heavy (non-hydrogen) atoms. The highest BCUT2D eigenvalue weighted by Gasteiger charge is 2.28. The van der Waals surface area contributed by atoms with E-state index in [1.165, 1.54) is 4.52 Å². The van der Waals surface area contributed by atoms with E-state index in [1.807, 2.05) is 67.6 Å². The summed E-state index contributed by atoms with van der Waals surface area (Å²) in [5.74, 6) is 0.785. The van der Waals surface area contributed by atoms with Crippen LogP contribution in [0.1, 0.15) is 30.1 Å². The van der Waals surface area contributed by atoms with Crippen molar-refractivity contribution in [2.75, 3.05) is 5.73 Å². The fraction of sp³-hybridized carbons (Fsp3) is 0.115. The molecule has 0 spiro atoms. The first-order valence-corrected chi connectivity index (χ1v) is 11.4. The zero-order valence-electron chi connectivity index (χ0n) is 19.3. The lowest BCUT2D eigenvalue weighted by molar-refractivity contribution is -0.124. The van der Waals surface area contributed by atoms with Crippen LogP contribution < -0.4 is 11.1 Å². The fourth-order valence-electron chi connectivity index (χ4n) is 4.28. The number of nitrogens with one attached hydrogen (secondary N) is 1. The molecule has 3 N–H and O–H groups in total. The molecule has 4 heterocycles. The largest absolute Gasteiger partial charge is 0.461 e. The van der Waals surface area contributed by atoms with Crippen molar-refractivity contribution in [3.05, 3.63) is 96.4 Å². The summed E-state index contributed by atoms with van der Waals surface area (Å²) in [5.41, 5.74) is 8.93. The van der Waals surface area contributed by atoms with E-state index in [9.17, 15) is 4.79 Å². The van der Waals surface area contributed by atoms with Crippen LogP contribution in [-0.2, 0) is 4.79 Å². The van der Waals surface area contributed by atoms with Crippen molar-refractivity contribution in [3.8, 4) is 11.6 Å². The SMILES string of the molecule is C[C@H](NC(=O)C(c1ccccc1)n1ncc2c1nc(N)n1nc(-c3ccco3)nc21)c1ccccc1. The highest BCUT2D eigenvalue weighted by atomic mass is 16.3. The molecule has 2 aromatic carbocycles. The van der Waals surface area contributed by atoms with Gasteiger partial charge in [-0.05, 0) is 30.2 Å². The smallest absolute Gasteiger partial charge is 0.250 e. The summed E-state index contributed by atoms with van der Waals surface area (Å²) >= 11 is 0. The molecule has 4 aromatic heterocycles. The standard InChI is InChI=1S/C26H22N8O2/c1-16(17-9-4-2-5-10-17)29-25(35)21(18-11-6-3-7-12-18)33-24-19(15-28-33)23-30-22(20-13-8-14-36-20)32-34(23)26(27)31-24/h2-16,21H,1H3,(H2,27,31)(H,29,35)/t16-,21?/m0/s1. The van der Waals surface area contributed by atoms with Gasteiger partial charge in [-0.1, -0.05) is 60.7 Å². The number of anilines is 1. The first kappa shape index (κ1) is 21.5. The van der Waals surface area contributed by atoms with Gasteiger partial charge < -0.3 is 15.5 Å². The van der Waals surface area contributed by atoms with Gasteiger partial charge in [-0.3, -0.25) is 4.79 Å². The number of furan rings is 1. The number of nitrogen functional groups attached to an aromatic ring is 1. The third kappa shape index (κ3) is 3.65. The number of carbonyl (C=O) groups excluding carboxylic acids is 1. The lowest BCUT2D eigenvalue weighted by Gasteiger charge is -2.22. The second kappa shape index (κ2) is 8.66. The lowest BCUT2D eigenvalue weighted by Crippen LogP contribution is -2.35. The molecule has 0 fully saturated rings. The minimum Gasteiger partial charge on any atom is -0.461 e. The fourth-order valence-corrected chi connectivity index (χ4v) is 4.28. The molecule has 6 rings (SSSR count). The van der Waals surface area contributed by atoms with E-state index < -0.39 is 6.04 Å². The van der Waals surface area contributed by atoms with Crippen LogP contribution in [-0.4, -0.2) is 35.3 Å². The van der Waals surface area contributed by atoms with Crippen molar-refractivity contribution in [1.82, 2.24) is 34.7 Å². The predicted octanol–water partition coefficient (Wildman–Crippen LogP) is 3.78. The molecule has 0 aliphatic rings. The zero-order chi connectivity index (χ0) is 24.6. The van der Waals surface area contributed by atoms with Gasteiger partial charge in [0.05, 0.1) is 23.9 Å². The third-order valence-electron chi connectivity index (χ3n) is 6.06. The molecule has 0 bridgehead atoms. The van der Waals surface area contributed by atoms with Crippen LogP contribution in [0.5, 0.6) is 0 Å². The molecule has 0 radical (unpaired) electrons. The van der Waals surface area contributed by atoms with Crippen molar-refractivity contribution < 1.29 is 9.21 Å². The van der Waals surface area contributed by atoms with Gasteiger partial charge in [0, 0.05) is 0 Å². The van der Waals surface area contributed by atoms with Gasteiger partial charge in [0.25, 0.3) is 0 Å². The van der Waals surface area contributed by atoms with Gasteiger partial charge in [0.1, 0.15) is 0 Å². The van der Waals surface area contributed by atoms with Crippen LogP contribution in [0.2, 0.25) is 0 Å². The topological polar surface area (TPSA) is 129 Å². The van der Waals surface area contributed by atoms with Gasteiger partial charge >= 0.3 is 0 Å². The van der Waals surface area contributed by atoms with E-state index >= 15 is 0 Å². The van der Waals surface area contributed by atoms with Crippen LogP contribution >= 0.6 is 0 Å². The van der Waals surface area contributed by atoms with E-state index in [1.54, 1.807) is 29.3 Å². The molecule has 0 saturated carbocycles. The van der Waals surface area contributed by atoms with Crippen LogP contribution in [0, 0.1) is 0 Å². The van der Waals surface area contributed by atoms with Crippen molar-refractivity contribution in [1.29, 1.82) is 0 Å². The number of hydrogen-bond acceptors (Lipinski definition) is 7. The number of rotatable bonds is 6. The Hall–Kier alpha value is -4.99. The minimum atomic E-state index is -0.781. The minimum absolute atomic E-state index is 0.120. The van der Waals surface area contributed by atoms with E-state index in [-0.39, 0.29) is 17.9 Å². The maximum atomic E-state index is 13.7. The number of amides is 1. The molecule has 10 nitrogen and oxygen atoms in total. The summed E-state index contributed by atoms with van der Waals surface area (Å²) in [6.07, 6.45) is 3.18. The van der Waals surface area contributed by atoms with Crippen LogP contribution in [0.25, 0.3) is 28.3 Å². The lowest BCUT2D eigenvalue weighted by atomic mass is 10.0. The molecule has 1 unspecified atom stereocenters. The molecule has 0 saturated heterocycles. The normalized spacial score (nSPS) is 13.1. The number of hydrogen-bond donors (Lipinski definition) is 2. The zero-order valence-corrected chi connectivity index (χ0v) is 19.3. The van der Waals surface area contributed by atoms with Crippen LogP contribution in [0.3, 0.4) is 0 Å². The molecule has 178 valence electrons. The second-order valence-electron chi connectivity index (χ2n) is 8.40. The average Bonchev–Trinajstić information content (AvgIpc) is 3.66. The van der Waals surface area contributed by atoms with Gasteiger partial charge in [-0.25, -0.2) is 9.67 Å². The highest BCUT2D eigenvalue weighted by Crippen LogP contribution is 2.28. The van der Waals surface area contributed by atoms with E-state index in [2.05, 4.69) is 25.5 Å². The Kier molecular flexibility index (Phi) is 5.18. The van der Waals surface area contributed by atoms with Gasteiger partial charge in [-0.15, -0.1) is 5.10 Å². The molecule has 0 aliphatic heterocycles. The molecule has 2 atom stereocenters. The van der Waals surface area contributed by atoms with E-state index in [4.69, 9.17) is 10.2 Å². The van der Waals surface area contributed by atoms with Crippen LogP contribution in [0.15, 0.2) is 89.7 Å². The molecule has 0 aliphatic carbocycles. The molecular weight excluding hydrogens is 456 g/mol. The number of benzene rings is 2. The number of carbonyl (C=O) groups is 1. The Bertz CT molecular complexity index is 1660. The van der Waals surface area contributed by atoms with Crippen molar-refractivity contribution in [3.63, 3.8) is 0 Å². The Balaban J connectivity index is 1.46. The predicted molar refractivity (Wildman–Crippen MR) is 134 cm³/mol. The number of fused-ring (bicyclic) bond motifs is 3. The third-order valence-corrected chi connectivity index (χ3v) is 6.06. The maximum Gasteiger partial charge on any atom is 0.250 e. The number of aromatic nitrogens is 6. The first-order chi connectivity index (χ1) is 17.6. The summed E-state index contributed by atoms with van der Waals surface area (Å²) in [4.78, 5) is 22.9. The molecular formula is C26H22N8O2. The first-order valence-electron chi connectivity index (χ1n) is 11.4. The van der Waals surface area contributed by atoms with Gasteiger partial charge in [0.2, 0.25) is 17.7 Å². The maximum absolute atomic E-state index is 13.7. The summed E-state index contributed by atoms with van der Waals surface area (Å²) in [5, 5.41) is 12.7. The van der Waals surface area contributed by atoms with E-state index in [0.717, 1.165) is 11.1 Å². The summed E-state index contributed by atoms with van der Waals surface area (Å²) < 4.78 is 8.46. The number of nitrogens with two attached hydrogens (primary N) is 1. The van der Waals surface area contributed by atoms with Crippen molar-refractivity contribution in [2.45, 2.75) is 19.0 Å². The molecule has 6 aromatic rings. The highest BCUT2D eigenvalue weighted by molar-refractivity contribution is 5.92. The Morgan fingerprint density at radius 2 is 1.67 bits per heavy atom. The monoisotopic (exact) mass is 478 g/mol. The molecule has 1 amide bonds. The molecule has 10 heteroatoms. The summed E-state index contributed by atoms with van der Waals surface area (Å²) in [6.45, 7) is 1.95. The van der Waals surface area contributed by atoms with Crippen molar-refractivity contribution in [2.24, 2.45) is 0 Å². The van der Waals surface area contributed by atoms with Gasteiger partial charge in [0.15, 0.2) is 23.1 Å². The van der Waals surface area contributed by atoms with Crippen molar-refractivity contribution >= 4 is 28.5 Å². The Morgan fingerprint density at radius 1 is 0.944 bits per heavy atom. The second-order valence-corrected chi connectivity index (χ2v) is 8.40. The summed E-state index contributed by atoms with van der Waals surface area (Å²) in [7, 11) is 0. The van der Waals surface area contributed by atoms with Gasteiger partial charge in [-0.2, -0.15) is 14.6 Å².